The molecule has 38 heavy (non-hydrogen) atoms. The predicted octanol–water partition coefficient (Wildman–Crippen LogP) is 5.81. The summed E-state index contributed by atoms with van der Waals surface area (Å²) in [6, 6.07) is 8.04. The highest BCUT2D eigenvalue weighted by atomic mass is 16.6. The van der Waals surface area contributed by atoms with Gasteiger partial charge in [0.1, 0.15) is 16.6 Å². The van der Waals surface area contributed by atoms with Crippen molar-refractivity contribution in [2.45, 2.75) is 84.8 Å². The molecule has 0 aliphatic heterocycles. The Morgan fingerprint density at radius 1 is 1.05 bits per heavy atom. The zero-order chi connectivity index (χ0) is 28.5. The van der Waals surface area contributed by atoms with E-state index in [1.807, 2.05) is 48.9 Å². The van der Waals surface area contributed by atoms with Crippen LogP contribution in [0.4, 0.5) is 9.59 Å². The highest BCUT2D eigenvalue weighted by molar-refractivity contribution is 5.88. The molecule has 3 atom stereocenters. The molecule has 0 saturated heterocycles. The van der Waals surface area contributed by atoms with Crippen LogP contribution in [0.5, 0.6) is 0 Å². The standard InChI is InChI=1S/C29H41N3O6/c1-19-10-12-22(13-11-19)31-17-23(30-18-31)29(24(33)36-9)15-21(29)14-20(2)16-32(25(34)37-27(3,4)5)26(35)38-28(6,7)8/h10-13,17-18,20-21H,14-16H2,1-9H3. The number of hydrogen-bond acceptors (Lipinski definition) is 7. The molecule has 0 N–H and O–H groups in total. The molecular formula is C29H41N3O6. The van der Waals surface area contributed by atoms with E-state index >= 15 is 0 Å². The molecule has 1 aromatic carbocycles. The lowest BCUT2D eigenvalue weighted by Gasteiger charge is -2.30. The van der Waals surface area contributed by atoms with Crippen molar-refractivity contribution in [3.05, 3.63) is 48.0 Å². The first-order valence-electron chi connectivity index (χ1n) is 13.0. The average Bonchev–Trinajstić information content (AvgIpc) is 3.28. The SMILES string of the molecule is COC(=O)C1(c2cn(-c3ccc(C)cc3)cn2)CC1CC(C)CN(C(=O)OC(C)(C)C)C(=O)OC(C)(C)C. The van der Waals surface area contributed by atoms with Crippen LogP contribution in [0, 0.1) is 18.8 Å². The third-order valence-corrected chi connectivity index (χ3v) is 6.44. The molecule has 0 radical (unpaired) electrons. The van der Waals surface area contributed by atoms with Crippen LogP contribution in [0.25, 0.3) is 5.69 Å². The molecular weight excluding hydrogens is 486 g/mol. The molecule has 208 valence electrons. The predicted molar refractivity (Wildman–Crippen MR) is 143 cm³/mol. The van der Waals surface area contributed by atoms with Gasteiger partial charge in [-0.1, -0.05) is 24.6 Å². The molecule has 1 aliphatic rings. The van der Waals surface area contributed by atoms with E-state index in [0.717, 1.165) is 16.2 Å². The molecule has 0 spiro atoms. The summed E-state index contributed by atoms with van der Waals surface area (Å²) in [6.45, 7) is 14.5. The van der Waals surface area contributed by atoms with Gasteiger partial charge in [0.25, 0.3) is 0 Å². The van der Waals surface area contributed by atoms with Crippen molar-refractivity contribution in [2.75, 3.05) is 13.7 Å². The van der Waals surface area contributed by atoms with E-state index < -0.39 is 28.8 Å². The first kappa shape index (κ1) is 29.2. The van der Waals surface area contributed by atoms with Crippen LogP contribution < -0.4 is 0 Å². The van der Waals surface area contributed by atoms with Gasteiger partial charge in [-0.05, 0) is 85.3 Å². The number of ether oxygens (including phenoxy) is 3. The summed E-state index contributed by atoms with van der Waals surface area (Å²) in [5.41, 5.74) is 0.356. The Kier molecular flexibility index (Phi) is 8.29. The molecule has 1 fully saturated rings. The molecule has 1 heterocycles. The fraction of sp³-hybridized carbons (Fsp3) is 0.586. The Hall–Kier alpha value is -3.36. The number of aromatic nitrogens is 2. The lowest BCUT2D eigenvalue weighted by molar-refractivity contribution is -0.144. The number of methoxy groups -OCH3 is 1. The molecule has 9 heteroatoms. The molecule has 1 saturated carbocycles. The van der Waals surface area contributed by atoms with Crippen LogP contribution in [0.2, 0.25) is 0 Å². The molecule has 9 nitrogen and oxygen atoms in total. The lowest BCUT2D eigenvalue weighted by Crippen LogP contribution is -2.45. The number of carbonyl (C=O) groups is 3. The minimum Gasteiger partial charge on any atom is -0.468 e. The van der Waals surface area contributed by atoms with E-state index in [0.29, 0.717) is 18.5 Å². The number of amides is 2. The van der Waals surface area contributed by atoms with Gasteiger partial charge in [-0.15, -0.1) is 0 Å². The third-order valence-electron chi connectivity index (χ3n) is 6.44. The molecule has 3 unspecified atom stereocenters. The highest BCUT2D eigenvalue weighted by Crippen LogP contribution is 2.57. The number of carbonyl (C=O) groups excluding carboxylic acids is 3. The maximum Gasteiger partial charge on any atom is 0.419 e. The first-order chi connectivity index (χ1) is 17.6. The van der Waals surface area contributed by atoms with Crippen molar-refractivity contribution in [3.8, 4) is 5.69 Å². The monoisotopic (exact) mass is 527 g/mol. The normalized spacial score (nSPS) is 19.9. The van der Waals surface area contributed by atoms with Crippen LogP contribution in [0.1, 0.15) is 72.6 Å². The molecule has 0 bridgehead atoms. The fourth-order valence-corrected chi connectivity index (χ4v) is 4.61. The van der Waals surface area contributed by atoms with Gasteiger partial charge in [0.2, 0.25) is 0 Å². The molecule has 2 aromatic rings. The minimum atomic E-state index is -0.859. The smallest absolute Gasteiger partial charge is 0.419 e. The topological polar surface area (TPSA) is 100.0 Å². The number of nitrogens with zero attached hydrogens (tertiary/aromatic N) is 3. The van der Waals surface area contributed by atoms with Crippen LogP contribution >= 0.6 is 0 Å². The number of imidazole rings is 1. The van der Waals surface area contributed by atoms with E-state index in [4.69, 9.17) is 14.2 Å². The summed E-state index contributed by atoms with van der Waals surface area (Å²) >= 11 is 0. The Labute approximate surface area is 225 Å². The van der Waals surface area contributed by atoms with Gasteiger partial charge in [0.15, 0.2) is 0 Å². The Morgan fingerprint density at radius 2 is 1.61 bits per heavy atom. The van der Waals surface area contributed by atoms with Gasteiger partial charge < -0.3 is 18.8 Å². The molecule has 2 amide bonds. The molecule has 1 aliphatic carbocycles. The van der Waals surface area contributed by atoms with E-state index in [1.54, 1.807) is 47.9 Å². The van der Waals surface area contributed by atoms with Gasteiger partial charge in [-0.25, -0.2) is 19.5 Å². The fourth-order valence-electron chi connectivity index (χ4n) is 4.61. The summed E-state index contributed by atoms with van der Waals surface area (Å²) in [5.74, 6) is -0.517. The third kappa shape index (κ3) is 6.94. The molecule has 3 rings (SSSR count). The maximum atomic E-state index is 13.0. The van der Waals surface area contributed by atoms with Crippen molar-refractivity contribution < 1.29 is 28.6 Å². The van der Waals surface area contributed by atoms with Gasteiger partial charge >= 0.3 is 18.2 Å². The van der Waals surface area contributed by atoms with Gasteiger partial charge in [0, 0.05) is 18.4 Å². The largest absolute Gasteiger partial charge is 0.468 e. The second kappa shape index (κ2) is 10.8. The molecule has 1 aromatic heterocycles. The summed E-state index contributed by atoms with van der Waals surface area (Å²) in [5, 5.41) is 0. The zero-order valence-electron chi connectivity index (χ0n) is 24.0. The van der Waals surface area contributed by atoms with E-state index in [2.05, 4.69) is 4.98 Å². The van der Waals surface area contributed by atoms with Crippen LogP contribution in [-0.2, 0) is 24.4 Å². The Balaban J connectivity index is 1.77. The summed E-state index contributed by atoms with van der Waals surface area (Å²) in [4.78, 5) is 44.4. The van der Waals surface area contributed by atoms with Gasteiger partial charge in [-0.2, -0.15) is 0 Å². The summed E-state index contributed by atoms with van der Waals surface area (Å²) in [7, 11) is 1.38. The number of aryl methyl sites for hydroxylation is 1. The van der Waals surface area contributed by atoms with E-state index in [1.165, 1.54) is 7.11 Å². The zero-order valence-corrected chi connectivity index (χ0v) is 24.0. The lowest BCUT2D eigenvalue weighted by atomic mass is 9.94. The van der Waals surface area contributed by atoms with Crippen LogP contribution in [0.15, 0.2) is 36.8 Å². The van der Waals surface area contributed by atoms with Gasteiger partial charge in [-0.3, -0.25) is 4.79 Å². The van der Waals surface area contributed by atoms with E-state index in [9.17, 15) is 14.4 Å². The average molecular weight is 528 g/mol. The second-order valence-electron chi connectivity index (χ2n) is 12.3. The number of imide groups is 1. The number of hydrogen-bond donors (Lipinski definition) is 0. The van der Waals surface area contributed by atoms with Crippen LogP contribution in [-0.4, -0.2) is 57.5 Å². The van der Waals surface area contributed by atoms with Crippen molar-refractivity contribution in [1.82, 2.24) is 14.5 Å². The minimum absolute atomic E-state index is 0.0505. The van der Waals surface area contributed by atoms with Crippen molar-refractivity contribution in [2.24, 2.45) is 11.8 Å². The maximum absolute atomic E-state index is 13.0. The first-order valence-corrected chi connectivity index (χ1v) is 13.0. The highest BCUT2D eigenvalue weighted by Gasteiger charge is 2.63. The van der Waals surface area contributed by atoms with Gasteiger partial charge in [0.05, 0.1) is 19.1 Å². The Bertz CT molecular complexity index is 1130. The van der Waals surface area contributed by atoms with Crippen molar-refractivity contribution in [1.29, 1.82) is 0 Å². The second-order valence-corrected chi connectivity index (χ2v) is 12.3. The summed E-state index contributed by atoms with van der Waals surface area (Å²) < 4.78 is 18.0. The summed E-state index contributed by atoms with van der Waals surface area (Å²) in [6.07, 6.45) is 3.22. The number of benzene rings is 1. The van der Waals surface area contributed by atoms with E-state index in [-0.39, 0.29) is 24.3 Å². The van der Waals surface area contributed by atoms with Crippen molar-refractivity contribution in [3.63, 3.8) is 0 Å². The Morgan fingerprint density at radius 3 is 2.11 bits per heavy atom. The number of esters is 1. The van der Waals surface area contributed by atoms with Crippen molar-refractivity contribution >= 4 is 18.2 Å². The van der Waals surface area contributed by atoms with Crippen LogP contribution in [0.3, 0.4) is 0 Å². The number of rotatable bonds is 7. The quantitative estimate of drug-likeness (QED) is 0.331.